The highest BCUT2D eigenvalue weighted by atomic mass is 14.8. The summed E-state index contributed by atoms with van der Waals surface area (Å²) in [6.07, 6.45) is 13.2. The molecule has 0 aromatic heterocycles. The Kier molecular flexibility index (Phi) is 6.17. The number of rotatable bonds is 5. The first kappa shape index (κ1) is 18.6. The van der Waals surface area contributed by atoms with E-state index in [0.29, 0.717) is 0 Å². The first-order valence-electron chi connectivity index (χ1n) is 9.29. The number of allylic oxidation sites excluding steroid dienone is 7. The van der Waals surface area contributed by atoms with Crippen LogP contribution in [0.3, 0.4) is 0 Å². The molecule has 134 valence electrons. The zero-order valence-electron chi connectivity index (χ0n) is 16.0. The van der Waals surface area contributed by atoms with Crippen molar-refractivity contribution in [2.45, 2.75) is 20.3 Å². The lowest BCUT2D eigenvalue weighted by Gasteiger charge is -2.07. The van der Waals surface area contributed by atoms with Crippen molar-refractivity contribution < 1.29 is 0 Å². The lowest BCUT2D eigenvalue weighted by molar-refractivity contribution is 1.28. The van der Waals surface area contributed by atoms with Crippen molar-refractivity contribution in [1.82, 2.24) is 0 Å². The highest BCUT2D eigenvalue weighted by molar-refractivity contribution is 6.13. The molecule has 1 heterocycles. The molecule has 0 bridgehead atoms. The van der Waals surface area contributed by atoms with Crippen LogP contribution >= 0.6 is 0 Å². The molecule has 0 saturated carbocycles. The van der Waals surface area contributed by atoms with E-state index in [4.69, 9.17) is 4.99 Å². The summed E-state index contributed by atoms with van der Waals surface area (Å²) in [5.41, 5.74) is 7.86. The number of nitrogens with zero attached hydrogens (tertiary/aromatic N) is 1. The van der Waals surface area contributed by atoms with Gasteiger partial charge in [0.15, 0.2) is 0 Å². The van der Waals surface area contributed by atoms with E-state index in [1.807, 2.05) is 31.2 Å². The molecule has 0 unspecified atom stereocenters. The molecule has 0 atom stereocenters. The standard InChI is InChI=1S/C26H25N/c1-4-6-12-21(5-2)25-17-16-24(23-15-10-11-20(3)18-23)19-26(27-25)22-13-8-7-9-14-22/h4-15,17-19H,2,16H2,1,3H3/b6-4-,21-12+. The van der Waals surface area contributed by atoms with Gasteiger partial charge in [0, 0.05) is 5.56 Å². The number of hydrogen-bond acceptors (Lipinski definition) is 1. The molecule has 2 aromatic rings. The van der Waals surface area contributed by atoms with Gasteiger partial charge in [-0.3, -0.25) is 0 Å². The maximum absolute atomic E-state index is 5.00. The summed E-state index contributed by atoms with van der Waals surface area (Å²) in [5, 5.41) is 0. The molecule has 0 amide bonds. The summed E-state index contributed by atoms with van der Waals surface area (Å²) >= 11 is 0. The topological polar surface area (TPSA) is 12.4 Å². The molecule has 0 fully saturated rings. The predicted molar refractivity (Wildman–Crippen MR) is 118 cm³/mol. The lowest BCUT2D eigenvalue weighted by atomic mass is 9.98. The van der Waals surface area contributed by atoms with Crippen molar-refractivity contribution in [1.29, 1.82) is 0 Å². The number of benzene rings is 2. The summed E-state index contributed by atoms with van der Waals surface area (Å²) in [7, 11) is 0. The van der Waals surface area contributed by atoms with Crippen LogP contribution in [0.15, 0.2) is 114 Å². The zero-order chi connectivity index (χ0) is 19.1. The largest absolute Gasteiger partial charge is 0.248 e. The van der Waals surface area contributed by atoms with Gasteiger partial charge in [0.25, 0.3) is 0 Å². The molecule has 1 aliphatic heterocycles. The fourth-order valence-electron chi connectivity index (χ4n) is 3.08. The molecule has 0 radical (unpaired) electrons. The third-order valence-corrected chi connectivity index (χ3v) is 4.51. The van der Waals surface area contributed by atoms with E-state index in [1.54, 1.807) is 0 Å². The maximum atomic E-state index is 5.00. The Hall–Kier alpha value is -3.19. The van der Waals surface area contributed by atoms with E-state index in [9.17, 15) is 0 Å². The van der Waals surface area contributed by atoms with Crippen LogP contribution in [0.1, 0.15) is 30.0 Å². The van der Waals surface area contributed by atoms with E-state index in [0.717, 1.165) is 29.0 Å². The van der Waals surface area contributed by atoms with Gasteiger partial charge in [-0.1, -0.05) is 97.1 Å². The van der Waals surface area contributed by atoms with Crippen molar-refractivity contribution in [3.8, 4) is 0 Å². The van der Waals surface area contributed by atoms with Crippen LogP contribution in [0.5, 0.6) is 0 Å². The average molecular weight is 351 g/mol. The van der Waals surface area contributed by atoms with Gasteiger partial charge in [0.1, 0.15) is 0 Å². The van der Waals surface area contributed by atoms with Gasteiger partial charge in [0.05, 0.1) is 11.4 Å². The highest BCUT2D eigenvalue weighted by Crippen LogP contribution is 2.27. The molecular weight excluding hydrogens is 326 g/mol. The Labute approximate surface area is 162 Å². The molecule has 0 saturated heterocycles. The third kappa shape index (κ3) is 4.71. The zero-order valence-corrected chi connectivity index (χ0v) is 16.0. The minimum Gasteiger partial charge on any atom is -0.248 e. The fraction of sp³-hybridized carbons (Fsp3) is 0.115. The molecule has 1 nitrogen and oxygen atoms in total. The van der Waals surface area contributed by atoms with Crippen LogP contribution in [-0.4, -0.2) is 5.71 Å². The molecule has 1 aliphatic rings. The van der Waals surface area contributed by atoms with Gasteiger partial charge in [0.2, 0.25) is 0 Å². The Balaban J connectivity index is 2.12. The molecule has 0 aliphatic carbocycles. The van der Waals surface area contributed by atoms with Crippen molar-refractivity contribution in [2.75, 3.05) is 0 Å². The molecule has 0 N–H and O–H groups in total. The van der Waals surface area contributed by atoms with Crippen LogP contribution in [0.25, 0.3) is 5.57 Å². The van der Waals surface area contributed by atoms with Crippen LogP contribution < -0.4 is 0 Å². The van der Waals surface area contributed by atoms with Crippen molar-refractivity contribution >= 4 is 11.3 Å². The highest BCUT2D eigenvalue weighted by Gasteiger charge is 2.12. The van der Waals surface area contributed by atoms with Gasteiger partial charge in [-0.2, -0.15) is 0 Å². The van der Waals surface area contributed by atoms with Gasteiger partial charge >= 0.3 is 0 Å². The first-order chi connectivity index (χ1) is 13.2. The summed E-state index contributed by atoms with van der Waals surface area (Å²) in [5.74, 6) is 0. The van der Waals surface area contributed by atoms with Gasteiger partial charge in [-0.25, -0.2) is 4.99 Å². The molecule has 27 heavy (non-hydrogen) atoms. The molecular formula is C26H25N. The van der Waals surface area contributed by atoms with Crippen LogP contribution in [0.4, 0.5) is 0 Å². The Morgan fingerprint density at radius 2 is 1.81 bits per heavy atom. The van der Waals surface area contributed by atoms with E-state index >= 15 is 0 Å². The summed E-state index contributed by atoms with van der Waals surface area (Å²) in [6.45, 7) is 8.11. The van der Waals surface area contributed by atoms with E-state index in [-0.39, 0.29) is 0 Å². The van der Waals surface area contributed by atoms with Crippen LogP contribution in [0.2, 0.25) is 0 Å². The number of aryl methyl sites for hydroxylation is 1. The van der Waals surface area contributed by atoms with Crippen molar-refractivity contribution in [2.24, 2.45) is 4.99 Å². The Morgan fingerprint density at radius 1 is 1.04 bits per heavy atom. The average Bonchev–Trinajstić information content (AvgIpc) is 2.93. The monoisotopic (exact) mass is 351 g/mol. The van der Waals surface area contributed by atoms with E-state index in [1.165, 1.54) is 16.7 Å². The Morgan fingerprint density at radius 3 is 2.52 bits per heavy atom. The molecule has 1 heteroatoms. The maximum Gasteiger partial charge on any atom is 0.0712 e. The van der Waals surface area contributed by atoms with Gasteiger partial charge in [-0.05, 0) is 43.1 Å². The summed E-state index contributed by atoms with van der Waals surface area (Å²) in [4.78, 5) is 5.00. The van der Waals surface area contributed by atoms with E-state index in [2.05, 4.69) is 80.3 Å². The van der Waals surface area contributed by atoms with E-state index < -0.39 is 0 Å². The number of hydrogen-bond donors (Lipinski definition) is 0. The lowest BCUT2D eigenvalue weighted by Crippen LogP contribution is -1.98. The fourth-order valence-corrected chi connectivity index (χ4v) is 3.08. The van der Waals surface area contributed by atoms with Crippen LogP contribution in [-0.2, 0) is 0 Å². The first-order valence-corrected chi connectivity index (χ1v) is 9.29. The quantitative estimate of drug-likeness (QED) is 0.523. The minimum atomic E-state index is 0.833. The third-order valence-electron chi connectivity index (χ3n) is 4.51. The number of aliphatic imine (C=N–C) groups is 1. The van der Waals surface area contributed by atoms with Gasteiger partial charge in [-0.15, -0.1) is 0 Å². The summed E-state index contributed by atoms with van der Waals surface area (Å²) in [6, 6.07) is 19.0. The molecule has 3 rings (SSSR count). The molecule has 0 spiro atoms. The summed E-state index contributed by atoms with van der Waals surface area (Å²) < 4.78 is 0. The second-order valence-corrected chi connectivity index (χ2v) is 6.55. The second-order valence-electron chi connectivity index (χ2n) is 6.55. The predicted octanol–water partition coefficient (Wildman–Crippen LogP) is 6.84. The smallest absolute Gasteiger partial charge is 0.0712 e. The SMILES string of the molecule is C=C/C(=C\C=C/C)C1=CCC(c2cccc(C)c2)=CC(c2ccccc2)=N1. The Bertz CT molecular complexity index is 966. The molecule has 2 aromatic carbocycles. The van der Waals surface area contributed by atoms with Crippen molar-refractivity contribution in [3.05, 3.63) is 126 Å². The minimum absolute atomic E-state index is 0.833. The van der Waals surface area contributed by atoms with Gasteiger partial charge < -0.3 is 0 Å². The second kappa shape index (κ2) is 8.95. The van der Waals surface area contributed by atoms with Crippen LogP contribution in [0, 0.1) is 6.92 Å². The normalized spacial score (nSPS) is 15.0. The van der Waals surface area contributed by atoms with Crippen molar-refractivity contribution in [3.63, 3.8) is 0 Å².